The first-order valence-corrected chi connectivity index (χ1v) is 9.99. The Balaban J connectivity index is 0.00000243. The van der Waals surface area contributed by atoms with Gasteiger partial charge in [0.15, 0.2) is 5.96 Å². The van der Waals surface area contributed by atoms with Gasteiger partial charge in [-0.2, -0.15) is 0 Å². The Kier molecular flexibility index (Phi) is 8.87. The zero-order valence-electron chi connectivity index (χ0n) is 15.6. The lowest BCUT2D eigenvalue weighted by Crippen LogP contribution is -2.47. The Labute approximate surface area is 178 Å². The van der Waals surface area contributed by atoms with Gasteiger partial charge in [-0.05, 0) is 42.8 Å². The van der Waals surface area contributed by atoms with Crippen LogP contribution in [0.4, 0.5) is 0 Å². The average Bonchev–Trinajstić information content (AvgIpc) is 3.17. The van der Waals surface area contributed by atoms with Crippen molar-refractivity contribution in [3.8, 4) is 0 Å². The van der Waals surface area contributed by atoms with Gasteiger partial charge in [-0.1, -0.05) is 30.3 Å². The second-order valence-corrected chi connectivity index (χ2v) is 7.53. The van der Waals surface area contributed by atoms with Gasteiger partial charge < -0.3 is 10.6 Å². The molecule has 0 fully saturated rings. The van der Waals surface area contributed by atoms with Crippen LogP contribution >= 0.6 is 35.3 Å². The van der Waals surface area contributed by atoms with Crippen LogP contribution in [0.25, 0.3) is 0 Å². The summed E-state index contributed by atoms with van der Waals surface area (Å²) < 4.78 is 0. The summed E-state index contributed by atoms with van der Waals surface area (Å²) in [6.07, 6.45) is 1.15. The molecule has 6 heteroatoms. The Morgan fingerprint density at radius 1 is 1.19 bits per heavy atom. The predicted molar refractivity (Wildman–Crippen MR) is 123 cm³/mol. The molecule has 0 saturated heterocycles. The van der Waals surface area contributed by atoms with Gasteiger partial charge in [0.05, 0.1) is 6.54 Å². The van der Waals surface area contributed by atoms with E-state index in [-0.39, 0.29) is 24.0 Å². The Hall–Kier alpha value is -1.12. The highest BCUT2D eigenvalue weighted by atomic mass is 127. The summed E-state index contributed by atoms with van der Waals surface area (Å²) in [5.74, 6) is 0.903. The number of rotatable bonds is 6. The van der Waals surface area contributed by atoms with Gasteiger partial charge in [0.1, 0.15) is 0 Å². The number of nitrogens with one attached hydrogen (secondary N) is 2. The number of guanidine groups is 1. The van der Waals surface area contributed by atoms with Crippen molar-refractivity contribution in [3.05, 3.63) is 57.8 Å². The van der Waals surface area contributed by atoms with E-state index in [1.165, 1.54) is 16.0 Å². The van der Waals surface area contributed by atoms with Crippen molar-refractivity contribution in [2.75, 3.05) is 19.6 Å². The Bertz CT molecular complexity index is 687. The van der Waals surface area contributed by atoms with Crippen molar-refractivity contribution < 1.29 is 0 Å². The molecule has 2 heterocycles. The summed E-state index contributed by atoms with van der Waals surface area (Å²) in [7, 11) is 0. The topological polar surface area (TPSA) is 39.7 Å². The van der Waals surface area contributed by atoms with Crippen LogP contribution in [0, 0.1) is 0 Å². The highest BCUT2D eigenvalue weighted by molar-refractivity contribution is 14.0. The Morgan fingerprint density at radius 2 is 2.00 bits per heavy atom. The molecule has 0 spiro atoms. The van der Waals surface area contributed by atoms with Crippen molar-refractivity contribution in [2.24, 2.45) is 4.99 Å². The maximum absolute atomic E-state index is 4.70. The highest BCUT2D eigenvalue weighted by Gasteiger charge is 2.20. The monoisotopic (exact) mass is 484 g/mol. The molecule has 3 rings (SSSR count). The van der Waals surface area contributed by atoms with Crippen LogP contribution in [0.15, 0.2) is 46.8 Å². The third-order valence-corrected chi connectivity index (χ3v) is 5.53. The average molecular weight is 484 g/mol. The van der Waals surface area contributed by atoms with Crippen LogP contribution in [-0.4, -0.2) is 36.5 Å². The summed E-state index contributed by atoms with van der Waals surface area (Å²) in [6.45, 7) is 9.08. The van der Waals surface area contributed by atoms with Gasteiger partial charge in [0.25, 0.3) is 0 Å². The van der Waals surface area contributed by atoms with Gasteiger partial charge in [0, 0.05) is 37.1 Å². The van der Waals surface area contributed by atoms with Crippen LogP contribution in [0.3, 0.4) is 0 Å². The van der Waals surface area contributed by atoms with E-state index in [4.69, 9.17) is 4.99 Å². The third kappa shape index (κ3) is 5.96. The number of hydrogen-bond donors (Lipinski definition) is 2. The molecule has 26 heavy (non-hydrogen) atoms. The van der Waals surface area contributed by atoms with Crippen molar-refractivity contribution >= 4 is 41.3 Å². The van der Waals surface area contributed by atoms with E-state index in [1.807, 2.05) is 0 Å². The minimum Gasteiger partial charge on any atom is -0.357 e. The van der Waals surface area contributed by atoms with Crippen LogP contribution in [0.1, 0.15) is 29.9 Å². The standard InChI is InChI=1S/C20H28N4S.HI/c1-3-21-20(23-14-19-9-6-12-25-19)22-13-16(2)24-11-10-17-7-4-5-8-18(17)15-24;/h4-9,12,16H,3,10-11,13-15H2,1-2H3,(H2,21,22,23);1H. The summed E-state index contributed by atoms with van der Waals surface area (Å²) in [4.78, 5) is 8.54. The number of hydrogen-bond acceptors (Lipinski definition) is 3. The van der Waals surface area contributed by atoms with E-state index in [1.54, 1.807) is 11.3 Å². The van der Waals surface area contributed by atoms with Crippen molar-refractivity contribution in [1.29, 1.82) is 0 Å². The Morgan fingerprint density at radius 3 is 2.73 bits per heavy atom. The molecule has 1 unspecified atom stereocenters. The van der Waals surface area contributed by atoms with Gasteiger partial charge in [-0.25, -0.2) is 4.99 Å². The summed E-state index contributed by atoms with van der Waals surface area (Å²) in [5.41, 5.74) is 2.98. The molecular formula is C20H29IN4S. The second kappa shape index (κ2) is 10.9. The number of nitrogens with zero attached hydrogens (tertiary/aromatic N) is 2. The first-order valence-electron chi connectivity index (χ1n) is 9.11. The zero-order valence-corrected chi connectivity index (χ0v) is 18.7. The first-order chi connectivity index (χ1) is 12.3. The predicted octanol–water partition coefficient (Wildman–Crippen LogP) is 3.87. The summed E-state index contributed by atoms with van der Waals surface area (Å²) in [6, 6.07) is 13.5. The summed E-state index contributed by atoms with van der Waals surface area (Å²) in [5, 5.41) is 8.95. The molecule has 0 saturated carbocycles. The molecule has 1 aromatic heterocycles. The number of aliphatic imine (C=N–C) groups is 1. The molecule has 142 valence electrons. The van der Waals surface area contributed by atoms with Crippen LogP contribution < -0.4 is 10.6 Å². The lowest BCUT2D eigenvalue weighted by atomic mass is 9.99. The molecule has 0 aliphatic carbocycles. The fourth-order valence-corrected chi connectivity index (χ4v) is 3.80. The van der Waals surface area contributed by atoms with Crippen LogP contribution in [-0.2, 0) is 19.5 Å². The molecular weight excluding hydrogens is 455 g/mol. The van der Waals surface area contributed by atoms with Gasteiger partial charge in [0.2, 0.25) is 0 Å². The fourth-order valence-electron chi connectivity index (χ4n) is 3.17. The zero-order chi connectivity index (χ0) is 17.5. The molecule has 2 aromatic rings. The lowest BCUT2D eigenvalue weighted by Gasteiger charge is -2.34. The molecule has 1 aliphatic rings. The van der Waals surface area contributed by atoms with Crippen LogP contribution in [0.5, 0.6) is 0 Å². The number of benzene rings is 1. The minimum absolute atomic E-state index is 0. The lowest BCUT2D eigenvalue weighted by molar-refractivity contribution is 0.191. The molecule has 2 N–H and O–H groups in total. The van der Waals surface area contributed by atoms with Gasteiger partial charge in [-0.15, -0.1) is 35.3 Å². The highest BCUT2D eigenvalue weighted by Crippen LogP contribution is 2.19. The maximum atomic E-state index is 4.70. The number of fused-ring (bicyclic) bond motifs is 1. The van der Waals surface area contributed by atoms with Gasteiger partial charge in [-0.3, -0.25) is 4.90 Å². The molecule has 1 atom stereocenters. The van der Waals surface area contributed by atoms with Gasteiger partial charge >= 0.3 is 0 Å². The van der Waals surface area contributed by atoms with E-state index >= 15 is 0 Å². The molecule has 1 aliphatic heterocycles. The van der Waals surface area contributed by atoms with E-state index in [0.29, 0.717) is 6.04 Å². The van der Waals surface area contributed by atoms with Crippen LogP contribution in [0.2, 0.25) is 0 Å². The normalized spacial score (nSPS) is 15.7. The number of halogens is 1. The van der Waals surface area contributed by atoms with Crippen molar-refractivity contribution in [3.63, 3.8) is 0 Å². The smallest absolute Gasteiger partial charge is 0.191 e. The molecule has 0 bridgehead atoms. The molecule has 0 amide bonds. The fraction of sp³-hybridized carbons (Fsp3) is 0.450. The largest absolute Gasteiger partial charge is 0.357 e. The van der Waals surface area contributed by atoms with E-state index in [9.17, 15) is 0 Å². The summed E-state index contributed by atoms with van der Waals surface area (Å²) >= 11 is 1.75. The number of thiophene rings is 1. The third-order valence-electron chi connectivity index (χ3n) is 4.67. The minimum atomic E-state index is 0. The van der Waals surface area contributed by atoms with E-state index in [0.717, 1.165) is 45.1 Å². The molecule has 4 nitrogen and oxygen atoms in total. The van der Waals surface area contributed by atoms with E-state index in [2.05, 4.69) is 71.2 Å². The van der Waals surface area contributed by atoms with Crippen molar-refractivity contribution in [2.45, 2.75) is 39.4 Å². The maximum Gasteiger partial charge on any atom is 0.191 e. The molecule has 1 aromatic carbocycles. The second-order valence-electron chi connectivity index (χ2n) is 6.49. The quantitative estimate of drug-likeness (QED) is 0.372. The molecule has 0 radical (unpaired) electrons. The van der Waals surface area contributed by atoms with Crippen molar-refractivity contribution in [1.82, 2.24) is 15.5 Å². The first kappa shape index (κ1) is 21.2. The SMILES string of the molecule is CCNC(=NCc1cccs1)NCC(C)N1CCc2ccccc2C1.I. The van der Waals surface area contributed by atoms with E-state index < -0.39 is 0 Å².